The molecule has 0 bridgehead atoms. The Kier molecular flexibility index (Phi) is 6.13. The molecule has 0 atom stereocenters. The van der Waals surface area contributed by atoms with Crippen LogP contribution in [0.2, 0.25) is 10.3 Å². The molecule has 0 fully saturated rings. The monoisotopic (exact) mass is 453 g/mol. The number of rotatable bonds is 5. The van der Waals surface area contributed by atoms with E-state index in [9.17, 15) is 13.2 Å². The Morgan fingerprint density at radius 1 is 0.828 bits per heavy atom. The van der Waals surface area contributed by atoms with E-state index in [4.69, 9.17) is 28.3 Å². The molecule has 5 N–H and O–H groups in total. The third-order valence-corrected chi connectivity index (χ3v) is 4.72. The summed E-state index contributed by atoms with van der Waals surface area (Å²) < 4.78 is 22.5. The van der Waals surface area contributed by atoms with Gasteiger partial charge in [0.1, 0.15) is 0 Å². The van der Waals surface area contributed by atoms with Crippen molar-refractivity contribution in [2.24, 2.45) is 5.14 Å². The zero-order valence-electron chi connectivity index (χ0n) is 14.4. The van der Waals surface area contributed by atoms with Crippen LogP contribution in [0.25, 0.3) is 0 Å². The van der Waals surface area contributed by atoms with Crippen LogP contribution in [-0.2, 0) is 10.0 Å². The van der Waals surface area contributed by atoms with Gasteiger partial charge in [0.2, 0.25) is 27.2 Å². The lowest BCUT2D eigenvalue weighted by molar-refractivity contribution is 0.262. The highest BCUT2D eigenvalue weighted by Crippen LogP contribution is 2.18. The summed E-state index contributed by atoms with van der Waals surface area (Å²) in [5, 5.41) is 13.3. The fourth-order valence-electron chi connectivity index (χ4n) is 2.12. The fraction of sp³-hybridized carbons (Fsp3) is 0. The van der Waals surface area contributed by atoms with Crippen LogP contribution in [0.5, 0.6) is 0 Å². The molecular weight excluding hydrogens is 441 g/mol. The third kappa shape index (κ3) is 5.99. The molecule has 0 aliphatic heterocycles. The zero-order chi connectivity index (χ0) is 21.0. The number of urea groups is 1. The van der Waals surface area contributed by atoms with Crippen LogP contribution in [0.15, 0.2) is 53.4 Å². The predicted octanol–water partition coefficient (Wildman–Crippen LogP) is 3.21. The maximum Gasteiger partial charge on any atom is 0.326 e. The van der Waals surface area contributed by atoms with Crippen molar-refractivity contribution in [1.29, 1.82) is 0 Å². The van der Waals surface area contributed by atoms with Crippen LogP contribution in [-0.4, -0.2) is 29.4 Å². The van der Waals surface area contributed by atoms with Gasteiger partial charge in [-0.3, -0.25) is 5.32 Å². The summed E-state index contributed by atoms with van der Waals surface area (Å²) in [4.78, 5) is 23.9. The van der Waals surface area contributed by atoms with Gasteiger partial charge in [-0.1, -0.05) is 11.6 Å². The van der Waals surface area contributed by atoms with Gasteiger partial charge < -0.3 is 10.6 Å². The van der Waals surface area contributed by atoms with E-state index < -0.39 is 16.1 Å². The van der Waals surface area contributed by atoms with Crippen molar-refractivity contribution < 1.29 is 13.2 Å². The van der Waals surface area contributed by atoms with E-state index in [0.29, 0.717) is 16.4 Å². The Labute approximate surface area is 175 Å². The molecule has 0 aliphatic carbocycles. The highest BCUT2D eigenvalue weighted by molar-refractivity contribution is 7.89. The lowest BCUT2D eigenvalue weighted by Crippen LogP contribution is -2.21. The molecule has 1 heterocycles. The van der Waals surface area contributed by atoms with Crippen molar-refractivity contribution in [2.75, 3.05) is 16.0 Å². The molecule has 2 amide bonds. The molecule has 150 valence electrons. The van der Waals surface area contributed by atoms with Crippen LogP contribution in [0.1, 0.15) is 0 Å². The lowest BCUT2D eigenvalue weighted by atomic mass is 10.3. The van der Waals surface area contributed by atoms with Crippen LogP contribution in [0.4, 0.5) is 28.1 Å². The Morgan fingerprint density at radius 3 is 2.03 bits per heavy atom. The summed E-state index contributed by atoms with van der Waals surface area (Å²) in [6.07, 6.45) is 0. The topological polar surface area (TPSA) is 152 Å². The van der Waals surface area contributed by atoms with E-state index in [0.717, 1.165) is 0 Å². The van der Waals surface area contributed by atoms with Gasteiger partial charge in [0, 0.05) is 16.4 Å². The highest BCUT2D eigenvalue weighted by Gasteiger charge is 2.11. The Balaban J connectivity index is 1.68. The molecule has 2 aromatic carbocycles. The molecule has 3 aromatic rings. The van der Waals surface area contributed by atoms with Gasteiger partial charge >= 0.3 is 6.03 Å². The van der Waals surface area contributed by atoms with Gasteiger partial charge in [-0.25, -0.2) is 18.4 Å². The molecule has 0 spiro atoms. The van der Waals surface area contributed by atoms with Gasteiger partial charge in [-0.05, 0) is 60.1 Å². The number of nitrogens with zero attached hydrogens (tertiary/aromatic N) is 3. The summed E-state index contributed by atoms with van der Waals surface area (Å²) in [7, 11) is -3.82. The summed E-state index contributed by atoms with van der Waals surface area (Å²) in [6.45, 7) is 0. The first-order valence-corrected chi connectivity index (χ1v) is 10.1. The van der Waals surface area contributed by atoms with Crippen molar-refractivity contribution in [3.05, 3.63) is 58.8 Å². The molecule has 13 heteroatoms. The first-order valence-electron chi connectivity index (χ1n) is 7.84. The van der Waals surface area contributed by atoms with Crippen LogP contribution in [0, 0.1) is 0 Å². The molecule has 0 radical (unpaired) electrons. The van der Waals surface area contributed by atoms with Gasteiger partial charge in [0.25, 0.3) is 0 Å². The van der Waals surface area contributed by atoms with Crippen molar-refractivity contribution in [3.8, 4) is 0 Å². The quantitative estimate of drug-likeness (QED) is 0.462. The molecule has 1 aromatic heterocycles. The van der Waals surface area contributed by atoms with E-state index in [1.54, 1.807) is 24.3 Å². The van der Waals surface area contributed by atoms with Crippen LogP contribution < -0.4 is 21.1 Å². The van der Waals surface area contributed by atoms with E-state index in [1.807, 2.05) is 0 Å². The number of anilines is 4. The van der Waals surface area contributed by atoms with Gasteiger partial charge in [-0.2, -0.15) is 15.0 Å². The van der Waals surface area contributed by atoms with Crippen LogP contribution >= 0.6 is 23.2 Å². The minimum atomic E-state index is -3.82. The number of nitrogens with two attached hydrogens (primary N) is 1. The van der Waals surface area contributed by atoms with Crippen LogP contribution in [0.3, 0.4) is 0 Å². The molecule has 3 rings (SSSR count). The first kappa shape index (κ1) is 20.7. The summed E-state index contributed by atoms with van der Waals surface area (Å²) in [5.41, 5.74) is 0.983. The number of benzene rings is 2. The number of nitrogens with one attached hydrogen (secondary N) is 3. The van der Waals surface area contributed by atoms with Gasteiger partial charge in [-0.15, -0.1) is 0 Å². The molecular formula is C16H13Cl2N7O3S. The number of aromatic nitrogens is 3. The largest absolute Gasteiger partial charge is 0.326 e. The van der Waals surface area contributed by atoms with Crippen molar-refractivity contribution in [3.63, 3.8) is 0 Å². The van der Waals surface area contributed by atoms with E-state index in [1.165, 1.54) is 24.3 Å². The summed E-state index contributed by atoms with van der Waals surface area (Å²) in [6, 6.07) is 11.4. The number of amides is 2. The number of halogens is 2. The Morgan fingerprint density at radius 2 is 1.41 bits per heavy atom. The Hall–Kier alpha value is -2.99. The number of primary sulfonamides is 1. The second-order valence-corrected chi connectivity index (χ2v) is 7.87. The summed E-state index contributed by atoms with van der Waals surface area (Å²) in [5.74, 6) is 0.0141. The maximum atomic E-state index is 12.1. The van der Waals surface area contributed by atoms with Crippen molar-refractivity contribution >= 4 is 62.5 Å². The van der Waals surface area contributed by atoms with E-state index in [2.05, 4.69) is 30.9 Å². The summed E-state index contributed by atoms with van der Waals surface area (Å²) >= 11 is 11.7. The highest BCUT2D eigenvalue weighted by atomic mass is 35.5. The SMILES string of the molecule is NS(=O)(=O)c1ccc(NC(=O)Nc2nc(Cl)nc(Nc3ccc(Cl)cc3)n2)cc1. The molecule has 0 aliphatic rings. The van der Waals surface area contributed by atoms with Crippen molar-refractivity contribution in [1.82, 2.24) is 15.0 Å². The van der Waals surface area contributed by atoms with Crippen molar-refractivity contribution in [2.45, 2.75) is 4.90 Å². The molecule has 0 saturated carbocycles. The van der Waals surface area contributed by atoms with Gasteiger partial charge in [0.05, 0.1) is 4.90 Å². The average Bonchev–Trinajstić information content (AvgIpc) is 2.63. The molecule has 0 unspecified atom stereocenters. The number of sulfonamides is 1. The molecule has 0 saturated heterocycles. The minimum absolute atomic E-state index is 0.0781. The Bertz CT molecular complexity index is 1140. The minimum Gasteiger partial charge on any atom is -0.324 e. The fourth-order valence-corrected chi connectivity index (χ4v) is 2.92. The second-order valence-electron chi connectivity index (χ2n) is 5.53. The molecule has 10 nitrogen and oxygen atoms in total. The van der Waals surface area contributed by atoms with E-state index >= 15 is 0 Å². The third-order valence-electron chi connectivity index (χ3n) is 3.37. The predicted molar refractivity (Wildman–Crippen MR) is 110 cm³/mol. The van der Waals surface area contributed by atoms with Gasteiger partial charge in [0.15, 0.2) is 0 Å². The number of hydrogen-bond donors (Lipinski definition) is 4. The maximum absolute atomic E-state index is 12.1. The number of carbonyl (C=O) groups is 1. The van der Waals surface area contributed by atoms with E-state index in [-0.39, 0.29) is 22.1 Å². The molecule has 29 heavy (non-hydrogen) atoms. The zero-order valence-corrected chi connectivity index (χ0v) is 16.8. The standard InChI is InChI=1S/C16H13Cl2N7O3S/c17-9-1-3-10(4-2-9)20-14-22-13(18)23-15(24-14)25-16(26)21-11-5-7-12(8-6-11)29(19,27)28/h1-8H,(H2,19,27,28)(H3,20,21,22,23,24,25,26). The smallest absolute Gasteiger partial charge is 0.324 e. The average molecular weight is 454 g/mol. The second kappa shape index (κ2) is 8.57. The number of hydrogen-bond acceptors (Lipinski definition) is 7. The first-order chi connectivity index (χ1) is 13.7. The normalized spacial score (nSPS) is 11.0. The lowest BCUT2D eigenvalue weighted by Gasteiger charge is -2.09. The number of carbonyl (C=O) groups excluding carboxylic acids is 1.